The Morgan fingerprint density at radius 1 is 1.05 bits per heavy atom. The Morgan fingerprint density at radius 3 is 2.53 bits per heavy atom. The van der Waals surface area contributed by atoms with E-state index in [2.05, 4.69) is 25.1 Å². The third-order valence-corrected chi connectivity index (χ3v) is 2.93. The molecule has 1 unspecified atom stereocenters. The van der Waals surface area contributed by atoms with Crippen LogP contribution in [-0.2, 0) is 13.0 Å². The van der Waals surface area contributed by atoms with Crippen LogP contribution in [0.2, 0.25) is 0 Å². The summed E-state index contributed by atoms with van der Waals surface area (Å²) in [7, 11) is 0. The van der Waals surface area contributed by atoms with E-state index in [1.54, 1.807) is 0 Å². The molecule has 0 aliphatic rings. The van der Waals surface area contributed by atoms with E-state index in [1.165, 1.54) is 11.1 Å². The van der Waals surface area contributed by atoms with Crippen molar-refractivity contribution >= 4 is 0 Å². The Balaban J connectivity index is 1.99. The summed E-state index contributed by atoms with van der Waals surface area (Å²) in [6, 6.07) is 16.4. The van der Waals surface area contributed by atoms with Crippen LogP contribution in [-0.4, -0.2) is 11.2 Å². The number of benzene rings is 2. The molecule has 0 aliphatic carbocycles. The summed E-state index contributed by atoms with van der Waals surface area (Å²) < 4.78 is 5.81. The minimum Gasteiger partial charge on any atom is -0.489 e. The second kappa shape index (κ2) is 6.39. The highest BCUT2D eigenvalue weighted by atomic mass is 16.5. The minimum absolute atomic E-state index is 0.0768. The summed E-state index contributed by atoms with van der Waals surface area (Å²) in [5.41, 5.74) is 3.58. The quantitative estimate of drug-likeness (QED) is 0.757. The molecule has 0 heterocycles. The van der Waals surface area contributed by atoms with Crippen LogP contribution in [0.3, 0.4) is 0 Å². The maximum absolute atomic E-state index is 7.60. The first kappa shape index (κ1) is 13.6. The Labute approximate surface area is 114 Å². The maximum Gasteiger partial charge on any atom is 0.154 e. The van der Waals surface area contributed by atoms with Crippen LogP contribution in [0.25, 0.3) is 0 Å². The summed E-state index contributed by atoms with van der Waals surface area (Å²) >= 11 is 0. The number of aryl methyl sites for hydroxylation is 1. The molecule has 19 heavy (non-hydrogen) atoms. The average Bonchev–Trinajstić information content (AvgIpc) is 2.36. The number of rotatable bonds is 5. The monoisotopic (exact) mass is 257 g/mol. The Bertz CT molecular complexity index is 532. The van der Waals surface area contributed by atoms with Gasteiger partial charge in [0.2, 0.25) is 0 Å². The summed E-state index contributed by atoms with van der Waals surface area (Å²) in [6.07, 6.45) is 0.689. The van der Waals surface area contributed by atoms with E-state index in [-0.39, 0.29) is 6.10 Å². The molecule has 0 bridgehead atoms. The highest BCUT2D eigenvalue weighted by Crippen LogP contribution is 2.16. The molecule has 0 aliphatic heterocycles. The molecule has 0 amide bonds. The van der Waals surface area contributed by atoms with Gasteiger partial charge < -0.3 is 9.84 Å². The van der Waals surface area contributed by atoms with Crippen LogP contribution in [0.4, 0.5) is 0 Å². The van der Waals surface area contributed by atoms with Crippen LogP contribution < -0.4 is 4.74 Å². The van der Waals surface area contributed by atoms with Crippen molar-refractivity contribution in [1.29, 1.82) is 0 Å². The van der Waals surface area contributed by atoms with Crippen LogP contribution in [0.15, 0.2) is 48.5 Å². The molecule has 2 aromatic carbocycles. The lowest BCUT2D eigenvalue weighted by Gasteiger charge is -2.09. The third kappa shape index (κ3) is 4.42. The first-order valence-electron chi connectivity index (χ1n) is 6.62. The molecule has 0 fully saturated rings. The molecule has 0 saturated heterocycles. The topological polar surface area (TPSA) is 32.1 Å². The van der Waals surface area contributed by atoms with E-state index in [9.17, 15) is 0 Å². The summed E-state index contributed by atoms with van der Waals surface area (Å²) in [5.74, 6) is 0.875. The maximum atomic E-state index is 7.60. The zero-order valence-corrected chi connectivity index (χ0v) is 11.5. The zero-order chi connectivity index (χ0) is 13.7. The van der Waals surface area contributed by atoms with E-state index >= 15 is 0 Å². The van der Waals surface area contributed by atoms with Crippen LogP contribution in [0, 0.1) is 6.92 Å². The van der Waals surface area contributed by atoms with Gasteiger partial charge in [-0.2, -0.15) is 0 Å². The molecule has 2 heteroatoms. The van der Waals surface area contributed by atoms with E-state index in [0.717, 1.165) is 17.7 Å². The smallest absolute Gasteiger partial charge is 0.154 e. The second-order valence-electron chi connectivity index (χ2n) is 5.03. The molecular weight excluding hydrogens is 236 g/mol. The second-order valence-corrected chi connectivity index (χ2v) is 5.03. The van der Waals surface area contributed by atoms with Crippen molar-refractivity contribution in [3.63, 3.8) is 0 Å². The fourth-order valence-corrected chi connectivity index (χ4v) is 2.08. The van der Waals surface area contributed by atoms with Gasteiger partial charge in [-0.15, -0.1) is 0 Å². The fourth-order valence-electron chi connectivity index (χ4n) is 2.08. The van der Waals surface area contributed by atoms with Gasteiger partial charge in [0.05, 0.1) is 0 Å². The van der Waals surface area contributed by atoms with E-state index < -0.39 is 0 Å². The summed E-state index contributed by atoms with van der Waals surface area (Å²) in [6.45, 7) is 4.57. The van der Waals surface area contributed by atoms with E-state index in [0.29, 0.717) is 6.61 Å². The van der Waals surface area contributed by atoms with Gasteiger partial charge in [-0.25, -0.2) is 0 Å². The highest BCUT2D eigenvalue weighted by Gasteiger charge is 2.04. The van der Waals surface area contributed by atoms with E-state index in [1.807, 2.05) is 37.3 Å². The van der Waals surface area contributed by atoms with Gasteiger partial charge in [-0.3, -0.25) is 0 Å². The zero-order valence-electron chi connectivity index (χ0n) is 11.5. The van der Waals surface area contributed by atoms with Crippen LogP contribution in [0.1, 0.15) is 23.6 Å². The third-order valence-electron chi connectivity index (χ3n) is 2.93. The van der Waals surface area contributed by atoms with Gasteiger partial charge in [0.1, 0.15) is 12.4 Å². The minimum atomic E-state index is -0.0768. The first-order chi connectivity index (χ1) is 9.13. The van der Waals surface area contributed by atoms with Crippen molar-refractivity contribution in [3.8, 4) is 5.75 Å². The van der Waals surface area contributed by atoms with Crippen LogP contribution >= 0.6 is 0 Å². The summed E-state index contributed by atoms with van der Waals surface area (Å²) in [5, 5.41) is 7.60. The molecule has 0 radical (unpaired) electrons. The number of hydrogen-bond acceptors (Lipinski definition) is 1. The van der Waals surface area contributed by atoms with Gasteiger partial charge in [-0.05, 0) is 30.2 Å². The van der Waals surface area contributed by atoms with Crippen molar-refractivity contribution in [2.75, 3.05) is 0 Å². The van der Waals surface area contributed by atoms with E-state index in [4.69, 9.17) is 9.84 Å². The molecule has 2 nitrogen and oxygen atoms in total. The molecule has 0 aromatic heterocycles. The normalized spacial score (nSPS) is 12.2. The molecule has 2 N–H and O–H groups in total. The molecule has 2 rings (SSSR count). The largest absolute Gasteiger partial charge is 0.489 e. The van der Waals surface area contributed by atoms with Crippen molar-refractivity contribution < 1.29 is 9.84 Å². The van der Waals surface area contributed by atoms with Crippen molar-refractivity contribution in [3.05, 3.63) is 65.2 Å². The SMILES string of the molecule is Cc1cccc(COc2cccc(CC(C)[OH2+])c2)c1. The molecule has 100 valence electrons. The van der Waals surface area contributed by atoms with Crippen LogP contribution in [0.5, 0.6) is 5.75 Å². The van der Waals surface area contributed by atoms with Gasteiger partial charge in [0, 0.05) is 13.3 Å². The van der Waals surface area contributed by atoms with Gasteiger partial charge in [0.25, 0.3) is 0 Å². The molecular formula is C17H21O2+. The molecule has 0 saturated carbocycles. The lowest BCUT2D eigenvalue weighted by molar-refractivity contribution is 0.195. The molecule has 2 aromatic rings. The predicted octanol–water partition coefficient (Wildman–Crippen LogP) is 3.23. The van der Waals surface area contributed by atoms with Crippen molar-refractivity contribution in [1.82, 2.24) is 0 Å². The lowest BCUT2D eigenvalue weighted by Crippen LogP contribution is -2.04. The van der Waals surface area contributed by atoms with Crippen molar-refractivity contribution in [2.45, 2.75) is 33.0 Å². The Kier molecular flexibility index (Phi) is 4.58. The Hall–Kier alpha value is -1.80. The number of ether oxygens (including phenoxy) is 1. The standard InChI is InChI=1S/C17H20O2/c1-13-5-3-7-16(9-13)12-19-17-8-4-6-15(11-17)10-14(2)18/h3-9,11,14,18H,10,12H2,1-2H3/p+1. The Morgan fingerprint density at radius 2 is 1.79 bits per heavy atom. The lowest BCUT2D eigenvalue weighted by atomic mass is 10.1. The van der Waals surface area contributed by atoms with Gasteiger partial charge in [0.15, 0.2) is 6.10 Å². The van der Waals surface area contributed by atoms with Crippen molar-refractivity contribution in [2.24, 2.45) is 0 Å². The molecule has 0 spiro atoms. The van der Waals surface area contributed by atoms with Gasteiger partial charge >= 0.3 is 0 Å². The fraction of sp³-hybridized carbons (Fsp3) is 0.294. The predicted molar refractivity (Wildman–Crippen MR) is 78.7 cm³/mol. The first-order valence-corrected chi connectivity index (χ1v) is 6.62. The summed E-state index contributed by atoms with van der Waals surface area (Å²) in [4.78, 5) is 0. The number of hydrogen-bond donors (Lipinski definition) is 0. The average molecular weight is 257 g/mol. The highest BCUT2D eigenvalue weighted by molar-refractivity contribution is 5.29. The molecule has 1 atom stereocenters. The van der Waals surface area contributed by atoms with Gasteiger partial charge in [-0.1, -0.05) is 42.0 Å².